The molecule has 5 N–H and O–H groups in total. The molecule has 0 spiro atoms. The molecular formula is C24H55NO8S2. The Balaban J connectivity index is -0.000000569. The predicted molar refractivity (Wildman–Crippen MR) is 144 cm³/mol. The van der Waals surface area contributed by atoms with E-state index in [0.717, 1.165) is 25.7 Å². The maximum atomic E-state index is 10.2. The third-order valence-corrected chi connectivity index (χ3v) is 6.39. The molecule has 35 heavy (non-hydrogen) atoms. The Morgan fingerprint density at radius 3 is 0.829 bits per heavy atom. The van der Waals surface area contributed by atoms with Gasteiger partial charge in [-0.2, -0.15) is 16.8 Å². The van der Waals surface area contributed by atoms with E-state index in [2.05, 4.69) is 22.2 Å². The second-order valence-corrected chi connectivity index (χ2v) is 11.0. The van der Waals surface area contributed by atoms with Crippen LogP contribution in [0.3, 0.4) is 0 Å². The molecule has 0 aromatic heterocycles. The summed E-state index contributed by atoms with van der Waals surface area (Å²) in [5, 5.41) is 0. The van der Waals surface area contributed by atoms with Gasteiger partial charge in [-0.05, 0) is 12.8 Å². The normalized spacial score (nSPS) is 11.5. The highest BCUT2D eigenvalue weighted by Gasteiger charge is 2.03. The highest BCUT2D eigenvalue weighted by Crippen LogP contribution is 2.11. The minimum atomic E-state index is -4.23. The molecule has 0 bridgehead atoms. The standard InChI is InChI=1S/2C12H26O4S.H3N/c2*1-2-3-4-5-6-7-8-9-10-11-12-16-17(13,14)15;/h2*2-12H2,1H3,(H,13,14,15);1H3. The largest absolute Gasteiger partial charge is 0.397 e. The van der Waals surface area contributed by atoms with Gasteiger partial charge in [0.05, 0.1) is 13.2 Å². The summed E-state index contributed by atoms with van der Waals surface area (Å²) >= 11 is 0. The molecule has 0 radical (unpaired) electrons. The highest BCUT2D eigenvalue weighted by atomic mass is 32.3. The summed E-state index contributed by atoms with van der Waals surface area (Å²) in [6.07, 6.45) is 23.7. The first-order valence-electron chi connectivity index (χ1n) is 13.4. The molecule has 0 aliphatic rings. The van der Waals surface area contributed by atoms with Crippen LogP contribution in [0.25, 0.3) is 0 Å². The van der Waals surface area contributed by atoms with Gasteiger partial charge in [0.15, 0.2) is 0 Å². The minimum Gasteiger partial charge on any atom is -0.344 e. The molecule has 0 saturated heterocycles. The summed E-state index contributed by atoms with van der Waals surface area (Å²) in [7, 11) is -8.47. The summed E-state index contributed by atoms with van der Waals surface area (Å²) in [4.78, 5) is 0. The van der Waals surface area contributed by atoms with E-state index in [1.807, 2.05) is 0 Å². The number of rotatable bonds is 24. The molecule has 216 valence electrons. The Labute approximate surface area is 216 Å². The molecule has 0 atom stereocenters. The molecule has 0 aromatic carbocycles. The fraction of sp³-hybridized carbons (Fsp3) is 1.00. The monoisotopic (exact) mass is 549 g/mol. The lowest BCUT2D eigenvalue weighted by molar-refractivity contribution is 0.260. The molecule has 0 aliphatic carbocycles. The van der Waals surface area contributed by atoms with Crippen LogP contribution in [0.4, 0.5) is 0 Å². The predicted octanol–water partition coefficient (Wildman–Crippen LogP) is 7.62. The number of unbranched alkanes of at least 4 members (excludes halogenated alkanes) is 18. The molecule has 0 unspecified atom stereocenters. The Morgan fingerprint density at radius 1 is 0.429 bits per heavy atom. The Morgan fingerprint density at radius 2 is 0.629 bits per heavy atom. The lowest BCUT2D eigenvalue weighted by atomic mass is 10.1. The summed E-state index contributed by atoms with van der Waals surface area (Å²) in [6, 6.07) is 0. The van der Waals surface area contributed by atoms with Crippen LogP contribution in [0.5, 0.6) is 0 Å². The molecule has 0 aliphatic heterocycles. The van der Waals surface area contributed by atoms with Crippen molar-refractivity contribution in [1.29, 1.82) is 0 Å². The Kier molecular flexibility index (Phi) is 31.7. The maximum Gasteiger partial charge on any atom is 0.397 e. The minimum absolute atomic E-state index is 0. The summed E-state index contributed by atoms with van der Waals surface area (Å²) in [5.41, 5.74) is 0. The van der Waals surface area contributed by atoms with Crippen molar-refractivity contribution in [3.63, 3.8) is 0 Å². The first kappa shape index (κ1) is 39.2. The van der Waals surface area contributed by atoms with E-state index in [9.17, 15) is 16.8 Å². The van der Waals surface area contributed by atoms with Crippen molar-refractivity contribution in [1.82, 2.24) is 6.15 Å². The third-order valence-electron chi connectivity index (χ3n) is 5.46. The SMILES string of the molecule is CCCCCCCCCCCCOS(=O)(=O)O.CCCCCCCCCCCCOS(=O)(=O)O.N. The van der Waals surface area contributed by atoms with E-state index in [-0.39, 0.29) is 19.4 Å². The fourth-order valence-corrected chi connectivity index (χ4v) is 4.16. The molecule has 0 heterocycles. The second kappa shape index (κ2) is 28.3. The average Bonchev–Trinajstić information content (AvgIpc) is 2.75. The van der Waals surface area contributed by atoms with E-state index in [0.29, 0.717) is 12.8 Å². The van der Waals surface area contributed by atoms with E-state index < -0.39 is 20.8 Å². The zero-order valence-electron chi connectivity index (χ0n) is 22.4. The molecular weight excluding hydrogens is 494 g/mol. The summed E-state index contributed by atoms with van der Waals surface area (Å²) in [5.74, 6) is 0. The highest BCUT2D eigenvalue weighted by molar-refractivity contribution is 7.81. The summed E-state index contributed by atoms with van der Waals surface area (Å²) < 4.78 is 66.0. The van der Waals surface area contributed by atoms with Gasteiger partial charge in [0.2, 0.25) is 0 Å². The topological polar surface area (TPSA) is 162 Å². The molecule has 0 rings (SSSR count). The molecule has 0 aromatic rings. The molecule has 0 fully saturated rings. The van der Waals surface area contributed by atoms with Crippen LogP contribution in [0.2, 0.25) is 0 Å². The van der Waals surface area contributed by atoms with Gasteiger partial charge in [-0.25, -0.2) is 8.37 Å². The van der Waals surface area contributed by atoms with Gasteiger partial charge >= 0.3 is 20.8 Å². The molecule has 0 saturated carbocycles. The maximum absolute atomic E-state index is 10.2. The van der Waals surface area contributed by atoms with Gasteiger partial charge in [0.1, 0.15) is 0 Å². The zero-order valence-corrected chi connectivity index (χ0v) is 24.1. The lowest BCUT2D eigenvalue weighted by Crippen LogP contribution is -2.04. The van der Waals surface area contributed by atoms with Crippen molar-refractivity contribution in [2.45, 2.75) is 142 Å². The molecule has 11 heteroatoms. The Bertz CT molecular complexity index is 559. The van der Waals surface area contributed by atoms with E-state index in [1.165, 1.54) is 89.9 Å². The van der Waals surface area contributed by atoms with Gasteiger partial charge in [-0.1, -0.05) is 129 Å². The van der Waals surface area contributed by atoms with E-state index >= 15 is 0 Å². The van der Waals surface area contributed by atoms with Crippen LogP contribution in [0, 0.1) is 0 Å². The van der Waals surface area contributed by atoms with E-state index in [1.54, 1.807) is 0 Å². The lowest BCUT2D eigenvalue weighted by Gasteiger charge is -2.02. The number of hydrogen-bond donors (Lipinski definition) is 3. The first-order chi connectivity index (χ1) is 16.1. The summed E-state index contributed by atoms with van der Waals surface area (Å²) in [6.45, 7) is 4.62. The quantitative estimate of drug-likeness (QED) is 0.0811. The Hall–Kier alpha value is -0.300. The van der Waals surface area contributed by atoms with Crippen LogP contribution >= 0.6 is 0 Å². The first-order valence-corrected chi connectivity index (χ1v) is 16.1. The van der Waals surface area contributed by atoms with Gasteiger partial charge in [0, 0.05) is 0 Å². The van der Waals surface area contributed by atoms with Gasteiger partial charge < -0.3 is 6.15 Å². The average molecular weight is 550 g/mol. The van der Waals surface area contributed by atoms with Crippen LogP contribution in [-0.2, 0) is 29.2 Å². The second-order valence-electron chi connectivity index (χ2n) is 8.86. The molecule has 9 nitrogen and oxygen atoms in total. The van der Waals surface area contributed by atoms with Crippen LogP contribution in [0.1, 0.15) is 142 Å². The van der Waals surface area contributed by atoms with Crippen molar-refractivity contribution in [3.8, 4) is 0 Å². The van der Waals surface area contributed by atoms with E-state index in [4.69, 9.17) is 9.11 Å². The van der Waals surface area contributed by atoms with Gasteiger partial charge in [-0.15, -0.1) is 0 Å². The van der Waals surface area contributed by atoms with Gasteiger partial charge in [0.25, 0.3) is 0 Å². The van der Waals surface area contributed by atoms with Crippen molar-refractivity contribution < 1.29 is 34.3 Å². The van der Waals surface area contributed by atoms with Crippen molar-refractivity contribution >= 4 is 20.8 Å². The van der Waals surface area contributed by atoms with Gasteiger partial charge in [-0.3, -0.25) is 9.11 Å². The molecule has 0 amide bonds. The fourth-order valence-electron chi connectivity index (χ4n) is 3.51. The zero-order chi connectivity index (χ0) is 26.0. The van der Waals surface area contributed by atoms with Crippen molar-refractivity contribution in [3.05, 3.63) is 0 Å². The van der Waals surface area contributed by atoms with Crippen molar-refractivity contribution in [2.24, 2.45) is 0 Å². The van der Waals surface area contributed by atoms with Crippen LogP contribution in [0.15, 0.2) is 0 Å². The van der Waals surface area contributed by atoms with Crippen molar-refractivity contribution in [2.75, 3.05) is 13.2 Å². The number of hydrogen-bond acceptors (Lipinski definition) is 7. The smallest absolute Gasteiger partial charge is 0.344 e. The van der Waals surface area contributed by atoms with Crippen LogP contribution < -0.4 is 6.15 Å². The van der Waals surface area contributed by atoms with Crippen LogP contribution in [-0.4, -0.2) is 39.2 Å². The third kappa shape index (κ3) is 44.1.